The van der Waals surface area contributed by atoms with Gasteiger partial charge in [-0.15, -0.1) is 0 Å². The topological polar surface area (TPSA) is 67.2 Å². The molecule has 0 aliphatic carbocycles. The first-order valence-corrected chi connectivity index (χ1v) is 6.17. The number of piperidine rings is 1. The summed E-state index contributed by atoms with van der Waals surface area (Å²) >= 11 is 0. The molecule has 5 heteroatoms. The van der Waals surface area contributed by atoms with E-state index in [-0.39, 0.29) is 5.91 Å². The van der Waals surface area contributed by atoms with Crippen molar-refractivity contribution in [3.05, 3.63) is 12.0 Å². The summed E-state index contributed by atoms with van der Waals surface area (Å²) in [4.78, 5) is 15.7. The zero-order valence-corrected chi connectivity index (χ0v) is 10.2. The van der Waals surface area contributed by atoms with Gasteiger partial charge in [-0.2, -0.15) is 4.98 Å². The summed E-state index contributed by atoms with van der Waals surface area (Å²) in [7, 11) is 0. The van der Waals surface area contributed by atoms with Gasteiger partial charge < -0.3 is 9.73 Å². The molecule has 1 aliphatic heterocycles. The highest BCUT2D eigenvalue weighted by Crippen LogP contribution is 2.16. The molecule has 17 heavy (non-hydrogen) atoms. The third-order valence-corrected chi connectivity index (χ3v) is 3.04. The molecule has 1 saturated heterocycles. The van der Waals surface area contributed by atoms with E-state index < -0.39 is 0 Å². The quantitative estimate of drug-likeness (QED) is 0.836. The van der Waals surface area contributed by atoms with Gasteiger partial charge in [0.2, 0.25) is 5.91 Å². The van der Waals surface area contributed by atoms with Crippen LogP contribution in [0.2, 0.25) is 0 Å². The number of oxazole rings is 1. The van der Waals surface area contributed by atoms with Gasteiger partial charge in [0.1, 0.15) is 6.26 Å². The SMILES string of the molecule is Cc1coc(NC(=O)CCC2CCCNC2)n1. The number of nitrogens with one attached hydrogen (secondary N) is 2. The lowest BCUT2D eigenvalue weighted by Gasteiger charge is -2.22. The molecule has 2 heterocycles. The smallest absolute Gasteiger partial charge is 0.301 e. The number of carbonyl (C=O) groups excluding carboxylic acids is 1. The first-order valence-electron chi connectivity index (χ1n) is 6.17. The van der Waals surface area contributed by atoms with Gasteiger partial charge >= 0.3 is 6.01 Å². The molecular formula is C12H19N3O2. The van der Waals surface area contributed by atoms with Crippen LogP contribution in [0, 0.1) is 12.8 Å². The minimum Gasteiger partial charge on any atom is -0.432 e. The Morgan fingerprint density at radius 2 is 2.59 bits per heavy atom. The van der Waals surface area contributed by atoms with E-state index in [4.69, 9.17) is 4.42 Å². The van der Waals surface area contributed by atoms with Gasteiger partial charge in [0.15, 0.2) is 0 Å². The average Bonchev–Trinajstić information content (AvgIpc) is 2.73. The minimum atomic E-state index is -0.0163. The number of rotatable bonds is 4. The Bertz CT molecular complexity index is 370. The second-order valence-electron chi connectivity index (χ2n) is 4.59. The molecule has 2 rings (SSSR count). The number of aryl methyl sites for hydroxylation is 1. The summed E-state index contributed by atoms with van der Waals surface area (Å²) in [5, 5.41) is 6.01. The van der Waals surface area contributed by atoms with Crippen molar-refractivity contribution in [3.63, 3.8) is 0 Å². The number of carbonyl (C=O) groups is 1. The molecule has 1 aliphatic rings. The fourth-order valence-corrected chi connectivity index (χ4v) is 2.10. The van der Waals surface area contributed by atoms with Gasteiger partial charge in [-0.1, -0.05) is 0 Å². The highest BCUT2D eigenvalue weighted by molar-refractivity contribution is 5.88. The Morgan fingerprint density at radius 3 is 3.24 bits per heavy atom. The predicted molar refractivity (Wildman–Crippen MR) is 64.7 cm³/mol. The van der Waals surface area contributed by atoms with E-state index in [2.05, 4.69) is 15.6 Å². The maximum Gasteiger partial charge on any atom is 0.301 e. The summed E-state index contributed by atoms with van der Waals surface area (Å²) in [5.41, 5.74) is 0.775. The Labute approximate surface area is 101 Å². The molecule has 0 saturated carbocycles. The van der Waals surface area contributed by atoms with Gasteiger partial charge in [0, 0.05) is 6.42 Å². The molecule has 1 fully saturated rings. The molecular weight excluding hydrogens is 218 g/mol. The molecule has 1 unspecified atom stereocenters. The van der Waals surface area contributed by atoms with E-state index >= 15 is 0 Å². The van der Waals surface area contributed by atoms with Crippen LogP contribution in [0.3, 0.4) is 0 Å². The molecule has 5 nitrogen and oxygen atoms in total. The largest absolute Gasteiger partial charge is 0.432 e. The van der Waals surface area contributed by atoms with Crippen molar-refractivity contribution in [1.82, 2.24) is 10.3 Å². The summed E-state index contributed by atoms with van der Waals surface area (Å²) in [6.07, 6.45) is 5.43. The summed E-state index contributed by atoms with van der Waals surface area (Å²) in [6.45, 7) is 3.97. The maximum absolute atomic E-state index is 11.6. The fourth-order valence-electron chi connectivity index (χ4n) is 2.10. The molecule has 1 aromatic rings. The number of nitrogens with zero attached hydrogens (tertiary/aromatic N) is 1. The minimum absolute atomic E-state index is 0.0163. The normalized spacial score (nSPS) is 20.2. The van der Waals surface area contributed by atoms with Crippen molar-refractivity contribution in [1.29, 1.82) is 0 Å². The molecule has 0 bridgehead atoms. The number of amides is 1. The maximum atomic E-state index is 11.6. The summed E-state index contributed by atoms with van der Waals surface area (Å²) in [5.74, 6) is 0.609. The number of aromatic nitrogens is 1. The Kier molecular flexibility index (Phi) is 4.14. The highest BCUT2D eigenvalue weighted by Gasteiger charge is 2.15. The predicted octanol–water partition coefficient (Wildman–Crippen LogP) is 1.70. The van der Waals surface area contributed by atoms with E-state index in [0.29, 0.717) is 18.4 Å². The van der Waals surface area contributed by atoms with E-state index in [9.17, 15) is 4.79 Å². The van der Waals surface area contributed by atoms with Gasteiger partial charge in [0.25, 0.3) is 0 Å². The van der Waals surface area contributed by atoms with Crippen molar-refractivity contribution >= 4 is 11.9 Å². The number of hydrogen-bond donors (Lipinski definition) is 2. The van der Waals surface area contributed by atoms with Crippen LogP contribution >= 0.6 is 0 Å². The number of hydrogen-bond acceptors (Lipinski definition) is 4. The zero-order valence-electron chi connectivity index (χ0n) is 10.2. The second kappa shape index (κ2) is 5.82. The average molecular weight is 237 g/mol. The van der Waals surface area contributed by atoms with Crippen molar-refractivity contribution in [3.8, 4) is 0 Å². The fraction of sp³-hybridized carbons (Fsp3) is 0.667. The van der Waals surface area contributed by atoms with Crippen LogP contribution < -0.4 is 10.6 Å². The van der Waals surface area contributed by atoms with Crippen LogP contribution in [0.1, 0.15) is 31.4 Å². The monoisotopic (exact) mass is 237 g/mol. The molecule has 1 aromatic heterocycles. The highest BCUT2D eigenvalue weighted by atomic mass is 16.4. The van der Waals surface area contributed by atoms with Crippen molar-refractivity contribution in [2.75, 3.05) is 18.4 Å². The van der Waals surface area contributed by atoms with Gasteiger partial charge in [-0.05, 0) is 45.2 Å². The second-order valence-corrected chi connectivity index (χ2v) is 4.59. The van der Waals surface area contributed by atoms with Crippen LogP contribution in [-0.4, -0.2) is 24.0 Å². The first kappa shape index (κ1) is 12.1. The lowest BCUT2D eigenvalue weighted by molar-refractivity contribution is -0.116. The standard InChI is InChI=1S/C12H19N3O2/c1-9-8-17-12(14-9)15-11(16)5-4-10-3-2-6-13-7-10/h8,10,13H,2-7H2,1H3,(H,14,15,16). The molecule has 1 amide bonds. The van der Waals surface area contributed by atoms with Crippen molar-refractivity contribution < 1.29 is 9.21 Å². The molecule has 0 radical (unpaired) electrons. The van der Waals surface area contributed by atoms with Crippen LogP contribution in [0.5, 0.6) is 0 Å². The van der Waals surface area contributed by atoms with Crippen LogP contribution in [0.25, 0.3) is 0 Å². The van der Waals surface area contributed by atoms with Crippen molar-refractivity contribution in [2.45, 2.75) is 32.6 Å². The van der Waals surface area contributed by atoms with Crippen LogP contribution in [0.4, 0.5) is 6.01 Å². The molecule has 94 valence electrons. The van der Waals surface area contributed by atoms with Gasteiger partial charge in [-0.3, -0.25) is 10.1 Å². The number of anilines is 1. The summed E-state index contributed by atoms with van der Waals surface area (Å²) < 4.78 is 5.07. The lowest BCUT2D eigenvalue weighted by Crippen LogP contribution is -2.30. The van der Waals surface area contributed by atoms with Crippen LogP contribution in [-0.2, 0) is 4.79 Å². The Balaban J connectivity index is 1.70. The third-order valence-electron chi connectivity index (χ3n) is 3.04. The molecule has 1 atom stereocenters. The molecule has 2 N–H and O–H groups in total. The molecule has 0 aromatic carbocycles. The Hall–Kier alpha value is -1.36. The Morgan fingerprint density at radius 1 is 1.71 bits per heavy atom. The zero-order chi connectivity index (χ0) is 12.1. The third kappa shape index (κ3) is 3.85. The van der Waals surface area contributed by atoms with E-state index in [1.54, 1.807) is 0 Å². The first-order chi connectivity index (χ1) is 8.24. The van der Waals surface area contributed by atoms with E-state index in [1.807, 2.05) is 6.92 Å². The van der Waals surface area contributed by atoms with E-state index in [1.165, 1.54) is 19.1 Å². The molecule has 0 spiro atoms. The van der Waals surface area contributed by atoms with E-state index in [0.717, 1.165) is 25.2 Å². The van der Waals surface area contributed by atoms with Crippen LogP contribution in [0.15, 0.2) is 10.7 Å². The van der Waals surface area contributed by atoms with Gasteiger partial charge in [-0.25, -0.2) is 0 Å². The summed E-state index contributed by atoms with van der Waals surface area (Å²) in [6, 6.07) is 0.300. The lowest BCUT2D eigenvalue weighted by atomic mass is 9.94. The van der Waals surface area contributed by atoms with Gasteiger partial charge in [0.05, 0.1) is 5.69 Å². The van der Waals surface area contributed by atoms with Crippen molar-refractivity contribution in [2.24, 2.45) is 5.92 Å².